The van der Waals surface area contributed by atoms with E-state index in [1.807, 2.05) is 6.07 Å². The summed E-state index contributed by atoms with van der Waals surface area (Å²) in [5.74, 6) is 0.111. The Bertz CT molecular complexity index is 1240. The molecule has 4 aromatic rings. The van der Waals surface area contributed by atoms with Gasteiger partial charge in [-0.3, -0.25) is 14.9 Å². The summed E-state index contributed by atoms with van der Waals surface area (Å²) in [6.45, 7) is 0. The number of para-hydroxylation sites is 1. The molecule has 4 rings (SSSR count). The van der Waals surface area contributed by atoms with E-state index in [4.69, 9.17) is 16.1 Å². The molecule has 0 atom stereocenters. The molecule has 0 unspecified atom stereocenters. The molecule has 0 saturated carbocycles. The van der Waals surface area contributed by atoms with E-state index >= 15 is 0 Å². The molecular formula is C21H13ClN4O4. The summed E-state index contributed by atoms with van der Waals surface area (Å²) in [5.41, 5.74) is 1.79. The molecule has 1 aromatic heterocycles. The van der Waals surface area contributed by atoms with Crippen LogP contribution < -0.4 is 5.32 Å². The van der Waals surface area contributed by atoms with Crippen molar-refractivity contribution in [1.29, 1.82) is 0 Å². The van der Waals surface area contributed by atoms with Crippen LogP contribution in [0.25, 0.3) is 22.8 Å². The van der Waals surface area contributed by atoms with Gasteiger partial charge in [-0.2, -0.15) is 4.98 Å². The summed E-state index contributed by atoms with van der Waals surface area (Å²) in [5, 5.41) is 18.0. The van der Waals surface area contributed by atoms with E-state index in [1.54, 1.807) is 42.5 Å². The lowest BCUT2D eigenvalue weighted by Gasteiger charge is -2.08. The number of benzene rings is 3. The third-order valence-electron chi connectivity index (χ3n) is 4.29. The van der Waals surface area contributed by atoms with Crippen LogP contribution in [0.3, 0.4) is 0 Å². The summed E-state index contributed by atoms with van der Waals surface area (Å²) in [7, 11) is 0. The number of rotatable bonds is 5. The quantitative estimate of drug-likeness (QED) is 0.350. The predicted octanol–water partition coefficient (Wildman–Crippen LogP) is 5.22. The number of nitrogens with one attached hydrogen (secondary N) is 1. The molecule has 0 aliphatic heterocycles. The molecule has 148 valence electrons. The van der Waals surface area contributed by atoms with Gasteiger partial charge >= 0.3 is 0 Å². The first-order valence-electron chi connectivity index (χ1n) is 8.77. The van der Waals surface area contributed by atoms with Crippen molar-refractivity contribution < 1.29 is 14.2 Å². The van der Waals surface area contributed by atoms with E-state index in [1.165, 1.54) is 24.3 Å². The Morgan fingerprint density at radius 1 is 0.967 bits per heavy atom. The summed E-state index contributed by atoms with van der Waals surface area (Å²) in [6, 6.07) is 19.4. The van der Waals surface area contributed by atoms with Crippen molar-refractivity contribution in [3.05, 3.63) is 93.5 Å². The van der Waals surface area contributed by atoms with Gasteiger partial charge in [0.05, 0.1) is 21.2 Å². The van der Waals surface area contributed by atoms with E-state index in [0.717, 1.165) is 0 Å². The highest BCUT2D eigenvalue weighted by Crippen LogP contribution is 2.31. The van der Waals surface area contributed by atoms with Crippen molar-refractivity contribution in [2.45, 2.75) is 0 Å². The van der Waals surface area contributed by atoms with Gasteiger partial charge in [-0.15, -0.1) is 0 Å². The fourth-order valence-corrected chi connectivity index (χ4v) is 3.01. The molecule has 3 aromatic carbocycles. The number of anilines is 1. The zero-order valence-electron chi connectivity index (χ0n) is 15.3. The van der Waals surface area contributed by atoms with Crippen LogP contribution in [0.15, 0.2) is 77.3 Å². The number of nitro benzene ring substituents is 1. The number of halogens is 1. The van der Waals surface area contributed by atoms with Crippen LogP contribution in [-0.4, -0.2) is 21.0 Å². The average molecular weight is 421 g/mol. The Labute approximate surface area is 175 Å². The maximum Gasteiger partial charge on any atom is 0.269 e. The minimum absolute atomic E-state index is 0.0927. The van der Waals surface area contributed by atoms with Gasteiger partial charge in [0, 0.05) is 23.3 Å². The molecule has 0 saturated heterocycles. The number of carbonyl (C=O) groups excluding carboxylic acids is 1. The van der Waals surface area contributed by atoms with E-state index < -0.39 is 10.8 Å². The lowest BCUT2D eigenvalue weighted by Crippen LogP contribution is -2.12. The Balaban J connectivity index is 1.61. The lowest BCUT2D eigenvalue weighted by atomic mass is 10.1. The summed E-state index contributed by atoms with van der Waals surface area (Å²) >= 11 is 6.19. The molecule has 1 heterocycles. The van der Waals surface area contributed by atoms with Gasteiger partial charge in [0.2, 0.25) is 5.82 Å². The average Bonchev–Trinajstić information content (AvgIpc) is 3.24. The molecule has 0 spiro atoms. The van der Waals surface area contributed by atoms with Gasteiger partial charge in [0.15, 0.2) is 0 Å². The summed E-state index contributed by atoms with van der Waals surface area (Å²) in [6.07, 6.45) is 0. The minimum atomic E-state index is -0.525. The molecule has 9 heteroatoms. The Kier molecular flexibility index (Phi) is 5.23. The van der Waals surface area contributed by atoms with Crippen LogP contribution in [0, 0.1) is 10.1 Å². The number of non-ortho nitro benzene ring substituents is 1. The van der Waals surface area contributed by atoms with Crippen LogP contribution >= 0.6 is 11.6 Å². The van der Waals surface area contributed by atoms with Gasteiger partial charge in [0.1, 0.15) is 0 Å². The van der Waals surface area contributed by atoms with Crippen molar-refractivity contribution in [3.8, 4) is 22.8 Å². The van der Waals surface area contributed by atoms with Crippen LogP contribution in [-0.2, 0) is 0 Å². The second-order valence-corrected chi connectivity index (χ2v) is 6.61. The van der Waals surface area contributed by atoms with Crippen LogP contribution in [0.4, 0.5) is 11.4 Å². The number of nitrogens with zero attached hydrogens (tertiary/aromatic N) is 3. The number of aromatic nitrogens is 2. The van der Waals surface area contributed by atoms with Gasteiger partial charge in [0.25, 0.3) is 17.5 Å². The molecule has 0 aliphatic rings. The second kappa shape index (κ2) is 8.14. The Morgan fingerprint density at radius 2 is 1.63 bits per heavy atom. The Hall–Kier alpha value is -4.04. The summed E-state index contributed by atoms with van der Waals surface area (Å²) < 4.78 is 5.38. The molecular weight excluding hydrogens is 408 g/mol. The largest absolute Gasteiger partial charge is 0.334 e. The number of hydrogen-bond acceptors (Lipinski definition) is 6. The zero-order chi connectivity index (χ0) is 21.1. The number of hydrogen-bond donors (Lipinski definition) is 1. The molecule has 0 bridgehead atoms. The molecule has 30 heavy (non-hydrogen) atoms. The first-order chi connectivity index (χ1) is 14.5. The van der Waals surface area contributed by atoms with E-state index in [0.29, 0.717) is 27.7 Å². The molecule has 1 amide bonds. The highest BCUT2D eigenvalue weighted by Gasteiger charge is 2.17. The van der Waals surface area contributed by atoms with E-state index in [2.05, 4.69) is 15.5 Å². The standard InChI is InChI=1S/C21H13ClN4O4/c22-17-7-3-1-5-15(17)19-24-21(30-25-19)16-6-2-4-8-18(16)23-20(27)13-9-11-14(12-10-13)26(28)29/h1-12H,(H,23,27). The molecule has 0 aliphatic carbocycles. The maximum absolute atomic E-state index is 12.6. The number of carbonyl (C=O) groups is 1. The van der Waals surface area contributed by atoms with Crippen molar-refractivity contribution in [2.24, 2.45) is 0 Å². The second-order valence-electron chi connectivity index (χ2n) is 6.21. The fourth-order valence-electron chi connectivity index (χ4n) is 2.79. The molecule has 0 fully saturated rings. The highest BCUT2D eigenvalue weighted by molar-refractivity contribution is 6.33. The van der Waals surface area contributed by atoms with Crippen molar-refractivity contribution in [1.82, 2.24) is 10.1 Å². The van der Waals surface area contributed by atoms with Crippen molar-refractivity contribution in [3.63, 3.8) is 0 Å². The third-order valence-corrected chi connectivity index (χ3v) is 4.62. The first-order valence-corrected chi connectivity index (χ1v) is 9.14. The van der Waals surface area contributed by atoms with Gasteiger partial charge in [-0.05, 0) is 36.4 Å². The normalized spacial score (nSPS) is 10.6. The van der Waals surface area contributed by atoms with Gasteiger partial charge in [-0.1, -0.05) is 41.0 Å². The zero-order valence-corrected chi connectivity index (χ0v) is 16.0. The van der Waals surface area contributed by atoms with Crippen molar-refractivity contribution >= 4 is 28.9 Å². The molecule has 1 N–H and O–H groups in total. The Morgan fingerprint density at radius 3 is 2.33 bits per heavy atom. The monoisotopic (exact) mass is 420 g/mol. The summed E-state index contributed by atoms with van der Waals surface area (Å²) in [4.78, 5) is 27.2. The van der Waals surface area contributed by atoms with Gasteiger partial charge < -0.3 is 9.84 Å². The van der Waals surface area contributed by atoms with Crippen LogP contribution in [0.1, 0.15) is 10.4 Å². The maximum atomic E-state index is 12.6. The minimum Gasteiger partial charge on any atom is -0.334 e. The predicted molar refractivity (Wildman–Crippen MR) is 111 cm³/mol. The molecule has 0 radical (unpaired) electrons. The van der Waals surface area contributed by atoms with Crippen LogP contribution in [0.2, 0.25) is 5.02 Å². The lowest BCUT2D eigenvalue weighted by molar-refractivity contribution is -0.384. The smallest absolute Gasteiger partial charge is 0.269 e. The highest BCUT2D eigenvalue weighted by atomic mass is 35.5. The van der Waals surface area contributed by atoms with Gasteiger partial charge in [-0.25, -0.2) is 0 Å². The van der Waals surface area contributed by atoms with E-state index in [9.17, 15) is 14.9 Å². The van der Waals surface area contributed by atoms with E-state index in [-0.39, 0.29) is 17.1 Å². The number of amides is 1. The van der Waals surface area contributed by atoms with Crippen LogP contribution in [0.5, 0.6) is 0 Å². The SMILES string of the molecule is O=C(Nc1ccccc1-c1nc(-c2ccccc2Cl)no1)c1ccc([N+](=O)[O-])cc1. The van der Waals surface area contributed by atoms with Crippen molar-refractivity contribution in [2.75, 3.05) is 5.32 Å². The topological polar surface area (TPSA) is 111 Å². The number of nitro groups is 1. The first kappa shape index (κ1) is 19.3. The fraction of sp³-hybridized carbons (Fsp3) is 0. The molecule has 8 nitrogen and oxygen atoms in total. The third kappa shape index (κ3) is 3.89.